The zero-order valence-electron chi connectivity index (χ0n) is 24.0. The van der Waals surface area contributed by atoms with E-state index in [-0.39, 0.29) is 24.3 Å². The number of carbonyl (C=O) groups excluding carboxylic acids is 3. The molecule has 0 bridgehead atoms. The first-order valence-electron chi connectivity index (χ1n) is 14.3. The van der Waals surface area contributed by atoms with Crippen LogP contribution in [0.3, 0.4) is 0 Å². The number of carbonyl (C=O) groups is 3. The molecule has 2 saturated heterocycles. The summed E-state index contributed by atoms with van der Waals surface area (Å²) in [7, 11) is 0. The van der Waals surface area contributed by atoms with Crippen molar-refractivity contribution >= 4 is 35.2 Å². The predicted molar refractivity (Wildman–Crippen MR) is 161 cm³/mol. The number of rotatable bonds is 5. The fraction of sp³-hybridized carbons (Fsp3) is 0.424. The first-order chi connectivity index (χ1) is 19.6. The van der Waals surface area contributed by atoms with Crippen molar-refractivity contribution in [3.63, 3.8) is 0 Å². The topological polar surface area (TPSA) is 81.2 Å². The lowest BCUT2D eigenvalue weighted by molar-refractivity contribution is -0.145. The van der Waals surface area contributed by atoms with E-state index in [9.17, 15) is 19.5 Å². The third-order valence-electron chi connectivity index (χ3n) is 9.19. The largest absolute Gasteiger partial charge is 0.394 e. The van der Waals surface area contributed by atoms with Crippen LogP contribution in [0.4, 0.5) is 5.69 Å². The monoisotopic (exact) mass is 571 g/mol. The molecule has 7 nitrogen and oxygen atoms in total. The number of thioether (sulfide) groups is 1. The SMILES string of the molecule is Cc1ccc(C)c(N2CC=C[C@]34S[C@@]5(C)C=CCN(Cc6ccccc6)C(=O)[C@H]5[C@H]3C(=O)N([C@H](C)CO)C4C2=O)c1. The Morgan fingerprint density at radius 3 is 2.41 bits per heavy atom. The van der Waals surface area contributed by atoms with E-state index < -0.39 is 33.4 Å². The average Bonchev–Trinajstić information content (AvgIpc) is 3.24. The first-order valence-corrected chi connectivity index (χ1v) is 15.1. The highest BCUT2D eigenvalue weighted by molar-refractivity contribution is 8.02. The van der Waals surface area contributed by atoms with Gasteiger partial charge < -0.3 is 19.8 Å². The normalized spacial score (nSPS) is 31.6. The molecule has 4 aliphatic heterocycles. The maximum Gasteiger partial charge on any atom is 0.251 e. The Morgan fingerprint density at radius 2 is 1.68 bits per heavy atom. The van der Waals surface area contributed by atoms with Crippen LogP contribution >= 0.6 is 11.8 Å². The van der Waals surface area contributed by atoms with Gasteiger partial charge in [-0.1, -0.05) is 66.8 Å². The van der Waals surface area contributed by atoms with E-state index in [0.717, 1.165) is 22.4 Å². The van der Waals surface area contributed by atoms with Crippen molar-refractivity contribution in [1.29, 1.82) is 0 Å². The Bertz CT molecular complexity index is 1460. The number of anilines is 1. The van der Waals surface area contributed by atoms with Crippen LogP contribution < -0.4 is 4.90 Å². The first kappa shape index (κ1) is 27.8. The Labute approximate surface area is 245 Å². The van der Waals surface area contributed by atoms with Gasteiger partial charge in [0.15, 0.2) is 0 Å². The van der Waals surface area contributed by atoms with Crippen molar-refractivity contribution in [3.8, 4) is 0 Å². The zero-order chi connectivity index (χ0) is 29.1. The molecule has 0 aromatic heterocycles. The molecule has 4 aliphatic rings. The van der Waals surface area contributed by atoms with Gasteiger partial charge >= 0.3 is 0 Å². The third kappa shape index (κ3) is 4.26. The van der Waals surface area contributed by atoms with Gasteiger partial charge in [0.25, 0.3) is 5.91 Å². The second-order valence-electron chi connectivity index (χ2n) is 12.0. The van der Waals surface area contributed by atoms with Crippen molar-refractivity contribution in [1.82, 2.24) is 9.80 Å². The highest BCUT2D eigenvalue weighted by Crippen LogP contribution is 2.66. The number of hydrogen-bond acceptors (Lipinski definition) is 5. The second-order valence-corrected chi connectivity index (χ2v) is 13.8. The Morgan fingerprint density at radius 1 is 0.951 bits per heavy atom. The van der Waals surface area contributed by atoms with Crippen molar-refractivity contribution < 1.29 is 19.5 Å². The number of likely N-dealkylation sites (tertiary alicyclic amines) is 1. The molecule has 0 aliphatic carbocycles. The van der Waals surface area contributed by atoms with Gasteiger partial charge in [0, 0.05) is 30.1 Å². The molecule has 0 radical (unpaired) electrons. The molecule has 214 valence electrons. The number of fused-ring (bicyclic) bond motifs is 2. The van der Waals surface area contributed by atoms with Gasteiger partial charge in [-0.05, 0) is 50.5 Å². The van der Waals surface area contributed by atoms with Crippen LogP contribution in [-0.2, 0) is 20.9 Å². The summed E-state index contributed by atoms with van der Waals surface area (Å²) in [6.45, 7) is 8.80. The standard InChI is InChI=1S/C33H37N3O4S/c1-21-12-13-22(2)25(18-21)35-17-9-15-33-27(30(39)36(23(3)20-37)28(33)31(35)40)26-29(38)34(16-8-14-32(26,4)41-33)19-24-10-6-5-7-11-24/h5-15,18,23,26-28,37H,16-17,19-20H2,1-4H3/t23-,26-,27+,28?,32+,33+/m1/s1. The summed E-state index contributed by atoms with van der Waals surface area (Å²) >= 11 is 1.57. The maximum absolute atomic E-state index is 14.7. The highest BCUT2D eigenvalue weighted by Gasteiger charge is 2.74. The summed E-state index contributed by atoms with van der Waals surface area (Å²) in [5.41, 5.74) is 3.86. The average molecular weight is 572 g/mol. The van der Waals surface area contributed by atoms with E-state index in [0.29, 0.717) is 19.6 Å². The minimum absolute atomic E-state index is 0.0715. The lowest BCUT2D eigenvalue weighted by atomic mass is 9.74. The fourth-order valence-corrected chi connectivity index (χ4v) is 9.39. The van der Waals surface area contributed by atoms with E-state index in [1.165, 1.54) is 0 Å². The number of amides is 3. The number of hydrogen-bond donors (Lipinski definition) is 1. The molecule has 4 heterocycles. The summed E-state index contributed by atoms with van der Waals surface area (Å²) < 4.78 is -1.62. The van der Waals surface area contributed by atoms with Crippen LogP contribution in [0.25, 0.3) is 0 Å². The fourth-order valence-electron chi connectivity index (χ4n) is 7.25. The molecular formula is C33H37N3O4S. The van der Waals surface area contributed by atoms with Crippen molar-refractivity contribution in [3.05, 3.63) is 89.5 Å². The molecular weight excluding hydrogens is 534 g/mol. The molecule has 2 aromatic rings. The van der Waals surface area contributed by atoms with Crippen molar-refractivity contribution in [2.45, 2.75) is 55.8 Å². The van der Waals surface area contributed by atoms with Crippen molar-refractivity contribution in [2.75, 3.05) is 24.6 Å². The number of aliphatic hydroxyl groups excluding tert-OH is 1. The van der Waals surface area contributed by atoms with Gasteiger partial charge in [-0.3, -0.25) is 14.4 Å². The van der Waals surface area contributed by atoms with Crippen LogP contribution in [0, 0.1) is 25.7 Å². The summed E-state index contributed by atoms with van der Waals surface area (Å²) in [5.74, 6) is -1.86. The van der Waals surface area contributed by atoms with Gasteiger partial charge in [0.1, 0.15) is 6.04 Å². The summed E-state index contributed by atoms with van der Waals surface area (Å²) in [6, 6.07) is 14.5. The highest BCUT2D eigenvalue weighted by atomic mass is 32.2. The van der Waals surface area contributed by atoms with E-state index in [1.54, 1.807) is 28.5 Å². The van der Waals surface area contributed by atoms with Crippen LogP contribution in [0.5, 0.6) is 0 Å². The van der Waals surface area contributed by atoms with Crippen molar-refractivity contribution in [2.24, 2.45) is 11.8 Å². The molecule has 0 saturated carbocycles. The quantitative estimate of drug-likeness (QED) is 0.551. The Hall–Kier alpha value is -3.36. The minimum atomic E-state index is -0.945. The molecule has 6 rings (SSSR count). The molecule has 1 N–H and O–H groups in total. The van der Waals surface area contributed by atoms with Gasteiger partial charge in [-0.2, -0.15) is 0 Å². The summed E-state index contributed by atoms with van der Waals surface area (Å²) in [4.78, 5) is 48.7. The molecule has 3 amide bonds. The predicted octanol–water partition coefficient (Wildman–Crippen LogP) is 3.87. The van der Waals surface area contributed by atoms with Crippen LogP contribution in [0.2, 0.25) is 0 Å². The number of benzene rings is 2. The van der Waals surface area contributed by atoms with Gasteiger partial charge in [0.05, 0.1) is 29.2 Å². The Kier molecular flexibility index (Phi) is 6.90. The van der Waals surface area contributed by atoms with E-state index >= 15 is 0 Å². The van der Waals surface area contributed by atoms with Crippen LogP contribution in [0.15, 0.2) is 72.8 Å². The lowest BCUT2D eigenvalue weighted by Crippen LogP contribution is -2.56. The lowest BCUT2D eigenvalue weighted by Gasteiger charge is -2.39. The third-order valence-corrected chi connectivity index (χ3v) is 11.0. The number of aliphatic hydroxyl groups is 1. The minimum Gasteiger partial charge on any atom is -0.394 e. The molecule has 6 atom stereocenters. The number of aryl methyl sites for hydroxylation is 2. The second kappa shape index (κ2) is 10.2. The molecule has 2 aromatic carbocycles. The Balaban J connectivity index is 1.46. The zero-order valence-corrected chi connectivity index (χ0v) is 24.8. The van der Waals surface area contributed by atoms with Gasteiger partial charge in [0.2, 0.25) is 11.8 Å². The van der Waals surface area contributed by atoms with E-state index in [1.807, 2.05) is 92.4 Å². The molecule has 1 unspecified atom stereocenters. The summed E-state index contributed by atoms with van der Waals surface area (Å²) in [6.07, 6.45) is 8.13. The van der Waals surface area contributed by atoms with Gasteiger partial charge in [-0.15, -0.1) is 11.8 Å². The number of nitrogens with zero attached hydrogens (tertiary/aromatic N) is 3. The van der Waals surface area contributed by atoms with Crippen LogP contribution in [-0.4, -0.2) is 73.9 Å². The van der Waals surface area contributed by atoms with E-state index in [4.69, 9.17) is 0 Å². The van der Waals surface area contributed by atoms with E-state index in [2.05, 4.69) is 6.08 Å². The maximum atomic E-state index is 14.7. The van der Waals surface area contributed by atoms with Gasteiger partial charge in [-0.25, -0.2) is 0 Å². The smallest absolute Gasteiger partial charge is 0.251 e. The molecule has 1 spiro atoms. The molecule has 8 heteroatoms. The molecule has 41 heavy (non-hydrogen) atoms. The van der Waals surface area contributed by atoms with Crippen LogP contribution in [0.1, 0.15) is 30.5 Å². The molecule has 2 fully saturated rings. The summed E-state index contributed by atoms with van der Waals surface area (Å²) in [5, 5.41) is 10.2.